The third-order valence-corrected chi connectivity index (χ3v) is 7.10. The number of hydrogen-bond donors (Lipinski definition) is 1. The van der Waals surface area contributed by atoms with Crippen LogP contribution in [0, 0.1) is 13.8 Å². The van der Waals surface area contributed by atoms with Crippen LogP contribution in [0.5, 0.6) is 5.75 Å². The molecular formula is C27H30N4O5. The molecule has 1 N–H and O–H groups in total. The van der Waals surface area contributed by atoms with E-state index < -0.39 is 23.5 Å². The van der Waals surface area contributed by atoms with E-state index >= 15 is 0 Å². The number of imidazole rings is 1. The van der Waals surface area contributed by atoms with Crippen molar-refractivity contribution in [2.45, 2.75) is 19.9 Å². The van der Waals surface area contributed by atoms with Crippen LogP contribution in [-0.2, 0) is 14.3 Å². The largest absolute Gasteiger partial charge is 0.871 e. The van der Waals surface area contributed by atoms with Crippen molar-refractivity contribution in [3.05, 3.63) is 70.7 Å². The Balaban J connectivity index is 1.62. The Bertz CT molecular complexity index is 1340. The number of nitrogens with zero attached hydrogens (tertiary/aromatic N) is 3. The quantitative estimate of drug-likeness (QED) is 0.299. The van der Waals surface area contributed by atoms with E-state index in [0.29, 0.717) is 54.7 Å². The lowest BCUT2D eigenvalue weighted by atomic mass is 9.96. The standard InChI is InChI=1S/C27H30N4O5/c1-17-5-4-10-30-22(18(2)28-26(17)30)24(32)21-23(19-6-8-20(35-3)9-7-19)31(27(34)25(21)33)12-11-29-13-15-36-16-14-29/h4-10,23,32H,11-16H2,1-3H3/b24-21+. The zero-order valence-corrected chi connectivity index (χ0v) is 20.7. The molecule has 2 aromatic heterocycles. The molecule has 0 bridgehead atoms. The van der Waals surface area contributed by atoms with Gasteiger partial charge in [0, 0.05) is 11.8 Å². The molecule has 1 amide bonds. The summed E-state index contributed by atoms with van der Waals surface area (Å²) in [5.41, 5.74) is 3.06. The van der Waals surface area contributed by atoms with Gasteiger partial charge in [-0.2, -0.15) is 0 Å². The number of quaternary nitrogens is 1. The maximum Gasteiger partial charge on any atom is 0.295 e. The maximum atomic E-state index is 14.0. The summed E-state index contributed by atoms with van der Waals surface area (Å²) in [6.07, 6.45) is 1.76. The Labute approximate surface area is 209 Å². The highest BCUT2D eigenvalue weighted by Gasteiger charge is 2.44. The van der Waals surface area contributed by atoms with Gasteiger partial charge in [0.25, 0.3) is 5.91 Å². The summed E-state index contributed by atoms with van der Waals surface area (Å²) in [5, 5.41) is 14.0. The summed E-state index contributed by atoms with van der Waals surface area (Å²) in [6.45, 7) is 7.74. The summed E-state index contributed by atoms with van der Waals surface area (Å²) in [5.74, 6) is -1.21. The first-order chi connectivity index (χ1) is 17.4. The molecule has 1 aromatic carbocycles. The van der Waals surface area contributed by atoms with E-state index in [-0.39, 0.29) is 5.57 Å². The van der Waals surface area contributed by atoms with Crippen LogP contribution in [0.2, 0.25) is 0 Å². The van der Waals surface area contributed by atoms with Crippen molar-refractivity contribution >= 4 is 23.1 Å². The minimum Gasteiger partial charge on any atom is -0.871 e. The molecule has 2 aliphatic rings. The van der Waals surface area contributed by atoms with Gasteiger partial charge in [-0.25, -0.2) is 4.98 Å². The van der Waals surface area contributed by atoms with Crippen molar-refractivity contribution < 1.29 is 29.1 Å². The average Bonchev–Trinajstić information content (AvgIpc) is 3.37. The van der Waals surface area contributed by atoms with E-state index in [4.69, 9.17) is 9.47 Å². The number of hydrogen-bond acceptors (Lipinski definition) is 6. The number of morpholine rings is 1. The molecule has 0 aliphatic carbocycles. The summed E-state index contributed by atoms with van der Waals surface area (Å²) in [6, 6.07) is 10.1. The molecule has 1 unspecified atom stereocenters. The lowest BCUT2D eigenvalue weighted by Crippen LogP contribution is -3.14. The van der Waals surface area contributed by atoms with E-state index in [9.17, 15) is 14.7 Å². The monoisotopic (exact) mass is 490 g/mol. The van der Waals surface area contributed by atoms with E-state index in [1.54, 1.807) is 41.7 Å². The number of benzene rings is 1. The second kappa shape index (κ2) is 9.75. The number of ether oxygens (including phenoxy) is 2. The Morgan fingerprint density at radius 3 is 2.58 bits per heavy atom. The van der Waals surface area contributed by atoms with Gasteiger partial charge in [-0.3, -0.25) is 9.59 Å². The van der Waals surface area contributed by atoms with Crippen LogP contribution >= 0.6 is 0 Å². The SMILES string of the molecule is COc1ccc(C2/C(=C(\[O-])c3c(C)nc4c(C)cccn34)C(=O)C(=O)N2CC[NH+]2CCOCC2)cc1. The number of Topliss-reactive ketones (excluding diaryl/α,β-unsaturated/α-hetero) is 1. The highest BCUT2D eigenvalue weighted by Crippen LogP contribution is 2.39. The predicted molar refractivity (Wildman–Crippen MR) is 130 cm³/mol. The highest BCUT2D eigenvalue weighted by atomic mass is 16.5. The van der Waals surface area contributed by atoms with Crippen LogP contribution in [0.3, 0.4) is 0 Å². The fraction of sp³-hybridized carbons (Fsp3) is 0.370. The molecule has 188 valence electrons. The topological polar surface area (TPSA) is 101 Å². The van der Waals surface area contributed by atoms with Crippen LogP contribution in [-0.4, -0.2) is 72.5 Å². The summed E-state index contributed by atoms with van der Waals surface area (Å²) in [7, 11) is 1.58. The van der Waals surface area contributed by atoms with Gasteiger partial charge in [0.05, 0.1) is 50.8 Å². The van der Waals surface area contributed by atoms with Gasteiger partial charge >= 0.3 is 0 Å². The first-order valence-corrected chi connectivity index (χ1v) is 12.2. The van der Waals surface area contributed by atoms with Crippen LogP contribution < -0.4 is 14.7 Å². The zero-order valence-electron chi connectivity index (χ0n) is 20.7. The number of ketones is 1. The van der Waals surface area contributed by atoms with Gasteiger partial charge in [0.1, 0.15) is 24.5 Å². The molecule has 1 atom stereocenters. The minimum absolute atomic E-state index is 0.0337. The van der Waals surface area contributed by atoms with Crippen molar-refractivity contribution in [1.82, 2.24) is 14.3 Å². The molecular weight excluding hydrogens is 460 g/mol. The number of nitrogens with one attached hydrogen (secondary N) is 1. The fourth-order valence-electron chi connectivity index (χ4n) is 5.14. The normalized spacial score (nSPS) is 20.4. The lowest BCUT2D eigenvalue weighted by molar-refractivity contribution is -0.907. The molecule has 0 spiro atoms. The van der Waals surface area contributed by atoms with Crippen molar-refractivity contribution in [3.63, 3.8) is 0 Å². The van der Waals surface area contributed by atoms with Crippen LogP contribution in [0.4, 0.5) is 0 Å². The first-order valence-electron chi connectivity index (χ1n) is 12.2. The smallest absolute Gasteiger partial charge is 0.295 e. The Kier molecular flexibility index (Phi) is 6.51. The molecule has 2 fully saturated rings. The van der Waals surface area contributed by atoms with Gasteiger partial charge < -0.3 is 28.8 Å². The van der Waals surface area contributed by atoms with Crippen LogP contribution in [0.1, 0.15) is 28.6 Å². The Hall–Kier alpha value is -3.69. The van der Waals surface area contributed by atoms with E-state index in [2.05, 4.69) is 4.98 Å². The summed E-state index contributed by atoms with van der Waals surface area (Å²) in [4.78, 5) is 34.1. The van der Waals surface area contributed by atoms with Gasteiger partial charge in [-0.15, -0.1) is 0 Å². The molecule has 3 aromatic rings. The Morgan fingerprint density at radius 1 is 1.17 bits per heavy atom. The Morgan fingerprint density at radius 2 is 1.89 bits per heavy atom. The van der Waals surface area contributed by atoms with E-state index in [1.165, 1.54) is 4.90 Å². The molecule has 2 saturated heterocycles. The minimum atomic E-state index is -0.779. The van der Waals surface area contributed by atoms with Gasteiger partial charge in [0.2, 0.25) is 5.78 Å². The first kappa shape index (κ1) is 24.0. The number of aromatic nitrogens is 2. The van der Waals surface area contributed by atoms with Crippen LogP contribution in [0.25, 0.3) is 11.4 Å². The summed E-state index contributed by atoms with van der Waals surface area (Å²) >= 11 is 0. The van der Waals surface area contributed by atoms with Crippen molar-refractivity contribution in [2.75, 3.05) is 46.5 Å². The number of amides is 1. The molecule has 4 heterocycles. The number of pyridine rings is 1. The fourth-order valence-corrected chi connectivity index (χ4v) is 5.14. The average molecular weight is 491 g/mol. The lowest BCUT2D eigenvalue weighted by Gasteiger charge is -2.30. The van der Waals surface area contributed by atoms with Crippen molar-refractivity contribution in [1.29, 1.82) is 0 Å². The number of carbonyl (C=O) groups excluding carboxylic acids is 2. The number of aryl methyl sites for hydroxylation is 2. The zero-order chi connectivity index (χ0) is 25.4. The number of carbonyl (C=O) groups is 2. The number of likely N-dealkylation sites (tertiary alicyclic amines) is 1. The molecule has 0 saturated carbocycles. The second-order valence-electron chi connectivity index (χ2n) is 9.29. The molecule has 9 heteroatoms. The molecule has 2 aliphatic heterocycles. The number of methoxy groups -OCH3 is 1. The molecule has 9 nitrogen and oxygen atoms in total. The van der Waals surface area contributed by atoms with E-state index in [1.807, 2.05) is 31.2 Å². The van der Waals surface area contributed by atoms with Gasteiger partial charge in [0.15, 0.2) is 0 Å². The van der Waals surface area contributed by atoms with Crippen molar-refractivity contribution in [3.8, 4) is 5.75 Å². The molecule has 0 radical (unpaired) electrons. The highest BCUT2D eigenvalue weighted by molar-refractivity contribution is 6.46. The number of rotatable bonds is 6. The number of fused-ring (bicyclic) bond motifs is 1. The molecule has 5 rings (SSSR count). The van der Waals surface area contributed by atoms with Gasteiger partial charge in [-0.1, -0.05) is 24.0 Å². The second-order valence-corrected chi connectivity index (χ2v) is 9.29. The maximum absolute atomic E-state index is 14.0. The third-order valence-electron chi connectivity index (χ3n) is 7.10. The molecule has 36 heavy (non-hydrogen) atoms. The third kappa shape index (κ3) is 4.14. The van der Waals surface area contributed by atoms with E-state index in [0.717, 1.165) is 18.7 Å². The summed E-state index contributed by atoms with van der Waals surface area (Å²) < 4.78 is 12.4. The predicted octanol–water partition coefficient (Wildman–Crippen LogP) is 0.0988. The van der Waals surface area contributed by atoms with Crippen molar-refractivity contribution in [2.24, 2.45) is 0 Å². The van der Waals surface area contributed by atoms with Gasteiger partial charge in [-0.05, 0) is 43.2 Å². The van der Waals surface area contributed by atoms with Crippen LogP contribution in [0.15, 0.2) is 48.2 Å².